The van der Waals surface area contributed by atoms with Crippen molar-refractivity contribution in [1.29, 1.82) is 0 Å². The van der Waals surface area contributed by atoms with E-state index in [1.165, 1.54) is 18.1 Å². The Balaban J connectivity index is 2.01. The van der Waals surface area contributed by atoms with Crippen molar-refractivity contribution < 1.29 is 22.6 Å². The van der Waals surface area contributed by atoms with Crippen molar-refractivity contribution in [2.75, 3.05) is 20.3 Å². The number of hydrogen-bond acceptors (Lipinski definition) is 4. The van der Waals surface area contributed by atoms with Crippen molar-refractivity contribution in [3.63, 3.8) is 0 Å². The van der Waals surface area contributed by atoms with Crippen LogP contribution >= 0.6 is 11.3 Å². The SMILES string of the molecule is CCNC(=NCc1ccc(OCC(F)(F)F)c(OC)c1)NCc1cccs1. The number of halogens is 3. The van der Waals surface area contributed by atoms with Crippen LogP contribution in [0.25, 0.3) is 0 Å². The number of benzene rings is 1. The number of thiophene rings is 1. The zero-order valence-electron chi connectivity index (χ0n) is 15.1. The van der Waals surface area contributed by atoms with Crippen LogP contribution in [0.15, 0.2) is 40.7 Å². The molecule has 148 valence electrons. The van der Waals surface area contributed by atoms with Gasteiger partial charge in [-0.3, -0.25) is 0 Å². The predicted octanol–water partition coefficient (Wildman–Crippen LogP) is 3.95. The largest absolute Gasteiger partial charge is 0.493 e. The number of ether oxygens (including phenoxy) is 2. The lowest BCUT2D eigenvalue weighted by molar-refractivity contribution is -0.153. The molecule has 0 radical (unpaired) electrons. The highest BCUT2D eigenvalue weighted by Gasteiger charge is 2.29. The second-order valence-corrected chi connectivity index (χ2v) is 6.55. The Morgan fingerprint density at radius 1 is 1.19 bits per heavy atom. The normalized spacial score (nSPS) is 12.0. The van der Waals surface area contributed by atoms with E-state index >= 15 is 0 Å². The number of alkyl halides is 3. The molecule has 0 unspecified atom stereocenters. The number of hydrogen-bond donors (Lipinski definition) is 2. The Bertz CT molecular complexity index is 734. The van der Waals surface area contributed by atoms with Crippen LogP contribution in [0.3, 0.4) is 0 Å². The summed E-state index contributed by atoms with van der Waals surface area (Å²) in [5.41, 5.74) is 0.791. The van der Waals surface area contributed by atoms with E-state index in [0.29, 0.717) is 25.6 Å². The minimum atomic E-state index is -4.40. The number of nitrogens with one attached hydrogen (secondary N) is 2. The third-order valence-corrected chi connectivity index (χ3v) is 4.27. The molecule has 1 aromatic heterocycles. The maximum atomic E-state index is 12.3. The third kappa shape index (κ3) is 7.38. The van der Waals surface area contributed by atoms with Crippen molar-refractivity contribution in [3.05, 3.63) is 46.2 Å². The molecule has 0 aliphatic rings. The lowest BCUT2D eigenvalue weighted by Gasteiger charge is -2.14. The van der Waals surface area contributed by atoms with Crippen molar-refractivity contribution in [2.24, 2.45) is 4.99 Å². The number of rotatable bonds is 8. The van der Waals surface area contributed by atoms with Gasteiger partial charge in [-0.25, -0.2) is 4.99 Å². The fourth-order valence-corrected chi connectivity index (χ4v) is 2.83. The van der Waals surface area contributed by atoms with Crippen LogP contribution < -0.4 is 20.1 Å². The Morgan fingerprint density at radius 3 is 2.63 bits per heavy atom. The van der Waals surface area contributed by atoms with Gasteiger partial charge in [0.15, 0.2) is 24.1 Å². The van der Waals surface area contributed by atoms with Gasteiger partial charge in [0.05, 0.1) is 20.2 Å². The van der Waals surface area contributed by atoms with Crippen molar-refractivity contribution >= 4 is 17.3 Å². The molecule has 2 aromatic rings. The Labute approximate surface area is 160 Å². The summed E-state index contributed by atoms with van der Waals surface area (Å²) in [6.45, 7) is 2.33. The highest BCUT2D eigenvalue weighted by atomic mass is 32.1. The van der Waals surface area contributed by atoms with Gasteiger partial charge in [-0.05, 0) is 36.1 Å². The van der Waals surface area contributed by atoms with E-state index in [1.807, 2.05) is 24.4 Å². The van der Waals surface area contributed by atoms with Gasteiger partial charge in [0.25, 0.3) is 0 Å². The minimum Gasteiger partial charge on any atom is -0.493 e. The van der Waals surface area contributed by atoms with Crippen LogP contribution in [0.4, 0.5) is 13.2 Å². The first-order chi connectivity index (χ1) is 12.9. The number of aliphatic imine (C=N–C) groups is 1. The third-order valence-electron chi connectivity index (χ3n) is 3.39. The molecule has 0 saturated carbocycles. The first kappa shape index (κ1) is 20.9. The van der Waals surface area contributed by atoms with E-state index in [0.717, 1.165) is 5.56 Å². The fourth-order valence-electron chi connectivity index (χ4n) is 2.19. The van der Waals surface area contributed by atoms with Gasteiger partial charge in [0, 0.05) is 11.4 Å². The topological polar surface area (TPSA) is 54.9 Å². The molecule has 0 spiro atoms. The molecule has 2 rings (SSSR count). The van der Waals surface area contributed by atoms with Crippen molar-refractivity contribution in [3.8, 4) is 11.5 Å². The smallest absolute Gasteiger partial charge is 0.422 e. The zero-order valence-corrected chi connectivity index (χ0v) is 15.9. The summed E-state index contributed by atoms with van der Waals surface area (Å²) in [4.78, 5) is 5.68. The standard InChI is InChI=1S/C18H22F3N3O2S/c1-3-22-17(24-11-14-5-4-8-27-14)23-10-13-6-7-15(16(9-13)25-2)26-12-18(19,20)21/h4-9H,3,10-12H2,1-2H3,(H2,22,23,24). The summed E-state index contributed by atoms with van der Waals surface area (Å²) in [5, 5.41) is 8.40. The van der Waals surface area contributed by atoms with Crippen LogP contribution in [0.5, 0.6) is 11.5 Å². The second-order valence-electron chi connectivity index (χ2n) is 5.52. The summed E-state index contributed by atoms with van der Waals surface area (Å²) >= 11 is 1.65. The van der Waals surface area contributed by atoms with Gasteiger partial charge < -0.3 is 20.1 Å². The van der Waals surface area contributed by atoms with Gasteiger partial charge in [-0.15, -0.1) is 11.3 Å². The summed E-state index contributed by atoms with van der Waals surface area (Å²) in [6, 6.07) is 8.77. The van der Waals surface area contributed by atoms with E-state index in [1.54, 1.807) is 23.5 Å². The quantitative estimate of drug-likeness (QED) is 0.520. The van der Waals surface area contributed by atoms with E-state index in [-0.39, 0.29) is 11.5 Å². The van der Waals surface area contributed by atoms with Crippen LogP contribution in [0.1, 0.15) is 17.4 Å². The molecule has 2 N–H and O–H groups in total. The predicted molar refractivity (Wildman–Crippen MR) is 101 cm³/mol. The molecule has 1 heterocycles. The summed E-state index contributed by atoms with van der Waals surface area (Å²) in [7, 11) is 1.38. The molecule has 27 heavy (non-hydrogen) atoms. The van der Waals surface area contributed by atoms with E-state index < -0.39 is 12.8 Å². The lowest BCUT2D eigenvalue weighted by Crippen LogP contribution is -2.36. The average molecular weight is 401 g/mol. The second kappa shape index (κ2) is 10.1. The molecular weight excluding hydrogens is 379 g/mol. The monoisotopic (exact) mass is 401 g/mol. The first-order valence-electron chi connectivity index (χ1n) is 8.32. The summed E-state index contributed by atoms with van der Waals surface area (Å²) in [6.07, 6.45) is -4.40. The van der Waals surface area contributed by atoms with E-state index in [2.05, 4.69) is 15.6 Å². The maximum Gasteiger partial charge on any atom is 0.422 e. The van der Waals surface area contributed by atoms with Gasteiger partial charge in [-0.2, -0.15) is 13.2 Å². The fraction of sp³-hybridized carbons (Fsp3) is 0.389. The molecule has 0 fully saturated rings. The molecule has 0 bridgehead atoms. The van der Waals surface area contributed by atoms with Gasteiger partial charge in [-0.1, -0.05) is 12.1 Å². The highest BCUT2D eigenvalue weighted by Crippen LogP contribution is 2.30. The number of methoxy groups -OCH3 is 1. The van der Waals surface area contributed by atoms with Crippen molar-refractivity contribution in [2.45, 2.75) is 26.2 Å². The van der Waals surface area contributed by atoms with Gasteiger partial charge in [0.2, 0.25) is 0 Å². The summed E-state index contributed by atoms with van der Waals surface area (Å²) < 4.78 is 46.9. The Morgan fingerprint density at radius 2 is 2.00 bits per heavy atom. The molecule has 1 aromatic carbocycles. The zero-order chi connectivity index (χ0) is 19.7. The van der Waals surface area contributed by atoms with Crippen LogP contribution in [0, 0.1) is 0 Å². The van der Waals surface area contributed by atoms with Gasteiger partial charge in [0.1, 0.15) is 0 Å². The molecule has 0 saturated heterocycles. The number of guanidine groups is 1. The molecule has 5 nitrogen and oxygen atoms in total. The molecule has 0 aliphatic carbocycles. The molecule has 0 amide bonds. The average Bonchev–Trinajstić information content (AvgIpc) is 3.15. The molecule has 9 heteroatoms. The molecule has 0 atom stereocenters. The Hall–Kier alpha value is -2.42. The minimum absolute atomic E-state index is 0.0466. The summed E-state index contributed by atoms with van der Waals surface area (Å²) in [5.74, 6) is 0.941. The van der Waals surface area contributed by atoms with Crippen LogP contribution in [-0.2, 0) is 13.1 Å². The molecular formula is C18H22F3N3O2S. The van der Waals surface area contributed by atoms with Crippen LogP contribution in [0.2, 0.25) is 0 Å². The van der Waals surface area contributed by atoms with Crippen molar-refractivity contribution in [1.82, 2.24) is 10.6 Å². The first-order valence-corrected chi connectivity index (χ1v) is 9.20. The maximum absolute atomic E-state index is 12.3. The van der Waals surface area contributed by atoms with Crippen LogP contribution in [-0.4, -0.2) is 32.4 Å². The highest BCUT2D eigenvalue weighted by molar-refractivity contribution is 7.09. The lowest BCUT2D eigenvalue weighted by atomic mass is 10.2. The van der Waals surface area contributed by atoms with E-state index in [9.17, 15) is 13.2 Å². The molecule has 0 aliphatic heterocycles. The van der Waals surface area contributed by atoms with Gasteiger partial charge >= 0.3 is 6.18 Å². The number of nitrogens with zero attached hydrogens (tertiary/aromatic N) is 1. The van der Waals surface area contributed by atoms with E-state index in [4.69, 9.17) is 9.47 Å². The Kier molecular flexibility index (Phi) is 7.78.